The molecule has 4 N–H and O–H groups in total. The lowest BCUT2D eigenvalue weighted by molar-refractivity contribution is -0.122. The van der Waals surface area contributed by atoms with Crippen molar-refractivity contribution in [3.8, 4) is 0 Å². The van der Waals surface area contributed by atoms with Crippen molar-refractivity contribution in [1.82, 2.24) is 16.3 Å². The van der Waals surface area contributed by atoms with Gasteiger partial charge in [-0.15, -0.1) is 0 Å². The maximum absolute atomic E-state index is 11.7. The SMILES string of the molecule is CC1CC(C(=O)N/N=C/c2ccc(C(=O)O)cc2)NN1. The number of amides is 1. The van der Waals surface area contributed by atoms with Crippen LogP contribution in [0.4, 0.5) is 0 Å². The molecule has 0 aromatic heterocycles. The summed E-state index contributed by atoms with van der Waals surface area (Å²) in [5.41, 5.74) is 9.19. The normalized spacial score (nSPS) is 22.1. The second kappa shape index (κ2) is 6.27. The van der Waals surface area contributed by atoms with E-state index in [-0.39, 0.29) is 23.6 Å². The molecule has 1 saturated heterocycles. The number of benzene rings is 1. The number of nitrogens with one attached hydrogen (secondary N) is 3. The van der Waals surface area contributed by atoms with Crippen molar-refractivity contribution in [2.75, 3.05) is 0 Å². The number of aromatic carboxylic acids is 1. The highest BCUT2D eigenvalue weighted by atomic mass is 16.4. The zero-order chi connectivity index (χ0) is 14.5. The van der Waals surface area contributed by atoms with E-state index in [0.717, 1.165) is 0 Å². The number of rotatable bonds is 4. The molecule has 0 radical (unpaired) electrons. The van der Waals surface area contributed by atoms with Crippen LogP contribution < -0.4 is 16.3 Å². The van der Waals surface area contributed by atoms with E-state index in [0.29, 0.717) is 12.0 Å². The number of nitrogens with zero attached hydrogens (tertiary/aromatic N) is 1. The molecule has 20 heavy (non-hydrogen) atoms. The lowest BCUT2D eigenvalue weighted by Gasteiger charge is -2.06. The minimum atomic E-state index is -0.976. The van der Waals surface area contributed by atoms with Gasteiger partial charge in [-0.1, -0.05) is 12.1 Å². The van der Waals surface area contributed by atoms with Gasteiger partial charge in [-0.2, -0.15) is 5.10 Å². The summed E-state index contributed by atoms with van der Waals surface area (Å²) in [5, 5.41) is 12.6. The summed E-state index contributed by atoms with van der Waals surface area (Å²) in [6, 6.07) is 6.16. The molecule has 1 aromatic rings. The lowest BCUT2D eigenvalue weighted by Crippen LogP contribution is -2.41. The molecule has 1 amide bonds. The molecule has 106 valence electrons. The fourth-order valence-electron chi connectivity index (χ4n) is 1.85. The first-order valence-corrected chi connectivity index (χ1v) is 6.23. The maximum Gasteiger partial charge on any atom is 0.335 e. The topological polar surface area (TPSA) is 103 Å². The number of hydrazone groups is 1. The second-order valence-corrected chi connectivity index (χ2v) is 4.64. The predicted octanol–water partition coefficient (Wildman–Crippen LogP) is 0.0899. The fourth-order valence-corrected chi connectivity index (χ4v) is 1.85. The summed E-state index contributed by atoms with van der Waals surface area (Å²) in [6.07, 6.45) is 2.17. The molecule has 0 spiro atoms. The molecule has 0 bridgehead atoms. The van der Waals surface area contributed by atoms with Crippen LogP contribution in [0, 0.1) is 0 Å². The average Bonchev–Trinajstić information content (AvgIpc) is 2.86. The molecule has 2 unspecified atom stereocenters. The van der Waals surface area contributed by atoms with Crippen molar-refractivity contribution in [1.29, 1.82) is 0 Å². The predicted molar refractivity (Wildman–Crippen MR) is 73.3 cm³/mol. The number of carboxylic acid groups (broad SMARTS) is 1. The Bertz CT molecular complexity index is 527. The second-order valence-electron chi connectivity index (χ2n) is 4.64. The zero-order valence-electron chi connectivity index (χ0n) is 11.0. The Balaban J connectivity index is 1.86. The fraction of sp³-hybridized carbons (Fsp3) is 0.308. The van der Waals surface area contributed by atoms with Crippen molar-refractivity contribution < 1.29 is 14.7 Å². The average molecular weight is 276 g/mol. The first kappa shape index (κ1) is 14.2. The summed E-state index contributed by atoms with van der Waals surface area (Å²) < 4.78 is 0. The van der Waals surface area contributed by atoms with Crippen LogP contribution in [0.25, 0.3) is 0 Å². The molecule has 1 heterocycles. The number of hydrazine groups is 1. The summed E-state index contributed by atoms with van der Waals surface area (Å²) in [5.74, 6) is -1.18. The Kier molecular flexibility index (Phi) is 4.44. The smallest absolute Gasteiger partial charge is 0.335 e. The standard InChI is InChI=1S/C13H16N4O3/c1-8-6-11(16-15-8)12(18)17-14-7-9-2-4-10(5-3-9)13(19)20/h2-5,7-8,11,15-16H,6H2,1H3,(H,17,18)(H,19,20)/b14-7+. The third kappa shape index (κ3) is 3.62. The van der Waals surface area contributed by atoms with Gasteiger partial charge >= 0.3 is 5.97 Å². The van der Waals surface area contributed by atoms with Crippen molar-refractivity contribution in [2.24, 2.45) is 5.10 Å². The monoisotopic (exact) mass is 276 g/mol. The molecule has 7 nitrogen and oxygen atoms in total. The zero-order valence-corrected chi connectivity index (χ0v) is 11.0. The molecule has 2 rings (SSSR count). The molecule has 1 aliphatic heterocycles. The van der Waals surface area contributed by atoms with Gasteiger partial charge in [0.15, 0.2) is 0 Å². The van der Waals surface area contributed by atoms with E-state index in [9.17, 15) is 9.59 Å². The van der Waals surface area contributed by atoms with E-state index in [4.69, 9.17) is 5.11 Å². The molecule has 0 saturated carbocycles. The molecule has 1 aliphatic rings. The Morgan fingerprint density at radius 2 is 2.05 bits per heavy atom. The highest BCUT2D eigenvalue weighted by molar-refractivity contribution is 5.89. The Labute approximate surface area is 116 Å². The Morgan fingerprint density at radius 3 is 2.60 bits per heavy atom. The van der Waals surface area contributed by atoms with E-state index >= 15 is 0 Å². The van der Waals surface area contributed by atoms with Crippen LogP contribution in [-0.4, -0.2) is 35.3 Å². The van der Waals surface area contributed by atoms with Crippen molar-refractivity contribution >= 4 is 18.1 Å². The lowest BCUT2D eigenvalue weighted by atomic mass is 10.1. The summed E-state index contributed by atoms with van der Waals surface area (Å²) in [7, 11) is 0. The minimum absolute atomic E-state index is 0.208. The van der Waals surface area contributed by atoms with Gasteiger partial charge in [-0.3, -0.25) is 10.2 Å². The molecule has 1 fully saturated rings. The molecule has 7 heteroatoms. The van der Waals surface area contributed by atoms with Gasteiger partial charge in [0.2, 0.25) is 0 Å². The van der Waals surface area contributed by atoms with Crippen LogP contribution in [0.3, 0.4) is 0 Å². The maximum atomic E-state index is 11.7. The number of hydrogen-bond donors (Lipinski definition) is 4. The van der Waals surface area contributed by atoms with Crippen molar-refractivity contribution in [2.45, 2.75) is 25.4 Å². The minimum Gasteiger partial charge on any atom is -0.478 e. The van der Waals surface area contributed by atoms with E-state index < -0.39 is 5.97 Å². The van der Waals surface area contributed by atoms with Gasteiger partial charge in [0.1, 0.15) is 6.04 Å². The van der Waals surface area contributed by atoms with Crippen molar-refractivity contribution in [3.63, 3.8) is 0 Å². The van der Waals surface area contributed by atoms with E-state index in [1.165, 1.54) is 18.3 Å². The van der Waals surface area contributed by atoms with Crippen LogP contribution in [0.1, 0.15) is 29.3 Å². The number of hydrogen-bond acceptors (Lipinski definition) is 5. The Morgan fingerprint density at radius 1 is 1.35 bits per heavy atom. The van der Waals surface area contributed by atoms with Gasteiger partial charge in [0.05, 0.1) is 11.8 Å². The number of carboxylic acids is 1. The number of carbonyl (C=O) groups excluding carboxylic acids is 1. The first-order chi connectivity index (χ1) is 9.56. The van der Waals surface area contributed by atoms with Crippen LogP contribution in [-0.2, 0) is 4.79 Å². The van der Waals surface area contributed by atoms with Gasteiger partial charge in [0.25, 0.3) is 5.91 Å². The van der Waals surface area contributed by atoms with E-state index in [2.05, 4.69) is 21.4 Å². The van der Waals surface area contributed by atoms with Crippen LogP contribution in [0.5, 0.6) is 0 Å². The third-order valence-electron chi connectivity index (χ3n) is 2.96. The van der Waals surface area contributed by atoms with Crippen molar-refractivity contribution in [3.05, 3.63) is 35.4 Å². The summed E-state index contributed by atoms with van der Waals surface area (Å²) in [6.45, 7) is 1.98. The van der Waals surface area contributed by atoms with Gasteiger partial charge in [0, 0.05) is 6.04 Å². The van der Waals surface area contributed by atoms with Crippen LogP contribution in [0.2, 0.25) is 0 Å². The highest BCUT2D eigenvalue weighted by Gasteiger charge is 2.26. The van der Waals surface area contributed by atoms with Crippen LogP contribution in [0.15, 0.2) is 29.4 Å². The summed E-state index contributed by atoms with van der Waals surface area (Å²) in [4.78, 5) is 22.4. The number of carbonyl (C=O) groups is 2. The largest absolute Gasteiger partial charge is 0.478 e. The third-order valence-corrected chi connectivity index (χ3v) is 2.96. The summed E-state index contributed by atoms with van der Waals surface area (Å²) >= 11 is 0. The molecular weight excluding hydrogens is 260 g/mol. The van der Waals surface area contributed by atoms with Gasteiger partial charge in [-0.05, 0) is 31.0 Å². The van der Waals surface area contributed by atoms with E-state index in [1.54, 1.807) is 12.1 Å². The molecule has 2 atom stereocenters. The van der Waals surface area contributed by atoms with Gasteiger partial charge < -0.3 is 5.11 Å². The Hall–Kier alpha value is -2.25. The molecule has 0 aliphatic carbocycles. The quantitative estimate of drug-likeness (QED) is 0.461. The molecule has 1 aromatic carbocycles. The van der Waals surface area contributed by atoms with E-state index in [1.807, 2.05) is 6.92 Å². The van der Waals surface area contributed by atoms with Crippen LogP contribution >= 0.6 is 0 Å². The first-order valence-electron chi connectivity index (χ1n) is 6.23. The highest BCUT2D eigenvalue weighted by Crippen LogP contribution is 2.04. The van der Waals surface area contributed by atoms with Gasteiger partial charge in [-0.25, -0.2) is 15.6 Å². The molecular formula is C13H16N4O3.